The second-order valence-electron chi connectivity index (χ2n) is 7.06. The molecule has 4 rings (SSSR count). The molecule has 6 nitrogen and oxygen atoms in total. The number of nitrogens with zero attached hydrogens (tertiary/aromatic N) is 4. The van der Waals surface area contributed by atoms with Crippen LogP contribution in [0.5, 0.6) is 6.01 Å². The van der Waals surface area contributed by atoms with Gasteiger partial charge in [-0.25, -0.2) is 9.97 Å². The quantitative estimate of drug-likeness (QED) is 0.804. The molecule has 0 amide bonds. The van der Waals surface area contributed by atoms with Gasteiger partial charge in [0, 0.05) is 51.0 Å². The van der Waals surface area contributed by atoms with Crippen LogP contribution in [0.4, 0.5) is 0 Å². The Labute approximate surface area is 148 Å². The van der Waals surface area contributed by atoms with Crippen LogP contribution in [-0.2, 0) is 11.3 Å². The monoisotopic (exact) mass is 340 g/mol. The lowest BCUT2D eigenvalue weighted by atomic mass is 9.79. The molecule has 6 heteroatoms. The topological polar surface area (TPSA) is 60.4 Å². The second-order valence-corrected chi connectivity index (χ2v) is 7.06. The first kappa shape index (κ1) is 16.4. The van der Waals surface area contributed by atoms with Crippen LogP contribution in [0.25, 0.3) is 0 Å². The zero-order chi connectivity index (χ0) is 17.0. The van der Waals surface area contributed by atoms with Crippen molar-refractivity contribution in [3.8, 4) is 6.01 Å². The van der Waals surface area contributed by atoms with E-state index in [1.54, 1.807) is 18.5 Å². The van der Waals surface area contributed by atoms with Gasteiger partial charge in [-0.1, -0.05) is 0 Å². The summed E-state index contributed by atoms with van der Waals surface area (Å²) in [6.45, 7) is 4.55. The minimum atomic E-state index is 0.0548. The summed E-state index contributed by atoms with van der Waals surface area (Å²) in [5, 5.41) is 0. The number of hydrogen-bond donors (Lipinski definition) is 0. The highest BCUT2D eigenvalue weighted by molar-refractivity contribution is 5.12. The Bertz CT molecular complexity index is 662. The zero-order valence-corrected chi connectivity index (χ0v) is 14.4. The number of aromatic nitrogens is 3. The molecule has 0 N–H and O–H groups in total. The first-order valence-corrected chi connectivity index (χ1v) is 8.96. The molecule has 2 aliphatic heterocycles. The van der Waals surface area contributed by atoms with Crippen molar-refractivity contribution in [1.29, 1.82) is 0 Å². The molecule has 2 aromatic heterocycles. The van der Waals surface area contributed by atoms with Crippen molar-refractivity contribution in [1.82, 2.24) is 19.9 Å². The van der Waals surface area contributed by atoms with E-state index in [2.05, 4.69) is 32.0 Å². The molecule has 1 spiro atoms. The summed E-state index contributed by atoms with van der Waals surface area (Å²) < 4.78 is 11.8. The lowest BCUT2D eigenvalue weighted by Gasteiger charge is -2.53. The Morgan fingerprint density at radius 2 is 1.96 bits per heavy atom. The molecule has 2 fully saturated rings. The third kappa shape index (κ3) is 4.14. The van der Waals surface area contributed by atoms with Gasteiger partial charge in [0.1, 0.15) is 0 Å². The van der Waals surface area contributed by atoms with E-state index in [1.165, 1.54) is 5.56 Å². The van der Waals surface area contributed by atoms with Gasteiger partial charge < -0.3 is 9.47 Å². The normalized spacial score (nSPS) is 22.5. The fraction of sp³-hybridized carbons (Fsp3) is 0.526. The van der Waals surface area contributed by atoms with Gasteiger partial charge in [0.2, 0.25) is 0 Å². The van der Waals surface area contributed by atoms with Gasteiger partial charge in [-0.3, -0.25) is 9.88 Å². The van der Waals surface area contributed by atoms with Crippen LogP contribution in [0, 0.1) is 5.92 Å². The van der Waals surface area contributed by atoms with Gasteiger partial charge in [-0.05, 0) is 48.9 Å². The second kappa shape index (κ2) is 7.45. The van der Waals surface area contributed by atoms with Crippen LogP contribution in [-0.4, -0.2) is 51.8 Å². The van der Waals surface area contributed by atoms with E-state index in [0.717, 1.165) is 45.5 Å². The Kier molecular flexibility index (Phi) is 4.90. The highest BCUT2D eigenvalue weighted by Gasteiger charge is 2.47. The van der Waals surface area contributed by atoms with E-state index in [-0.39, 0.29) is 5.60 Å². The first-order chi connectivity index (χ1) is 12.3. The largest absolute Gasteiger partial charge is 0.463 e. The summed E-state index contributed by atoms with van der Waals surface area (Å²) >= 11 is 0. The smallest absolute Gasteiger partial charge is 0.316 e. The highest BCUT2D eigenvalue weighted by Crippen LogP contribution is 2.38. The van der Waals surface area contributed by atoms with Crippen LogP contribution in [0.15, 0.2) is 43.0 Å². The summed E-state index contributed by atoms with van der Waals surface area (Å²) in [5.74, 6) is 0.653. The van der Waals surface area contributed by atoms with Crippen LogP contribution < -0.4 is 4.74 Å². The predicted octanol–water partition coefficient (Wildman–Crippen LogP) is 2.32. The molecule has 0 aromatic carbocycles. The molecular weight excluding hydrogens is 316 g/mol. The van der Waals surface area contributed by atoms with Gasteiger partial charge in [-0.15, -0.1) is 0 Å². The van der Waals surface area contributed by atoms with Crippen LogP contribution in [0.3, 0.4) is 0 Å². The third-order valence-electron chi connectivity index (χ3n) is 5.07. The highest BCUT2D eigenvalue weighted by atomic mass is 16.5. The maximum Gasteiger partial charge on any atom is 0.316 e. The molecule has 0 bridgehead atoms. The summed E-state index contributed by atoms with van der Waals surface area (Å²) in [7, 11) is 0. The van der Waals surface area contributed by atoms with Crippen molar-refractivity contribution in [2.24, 2.45) is 5.92 Å². The molecule has 1 unspecified atom stereocenters. The molecule has 25 heavy (non-hydrogen) atoms. The summed E-state index contributed by atoms with van der Waals surface area (Å²) in [6, 6.07) is 6.43. The number of pyridine rings is 1. The Hall–Kier alpha value is -2.05. The minimum absolute atomic E-state index is 0.0548. The van der Waals surface area contributed by atoms with Gasteiger partial charge in [0.05, 0.1) is 12.2 Å². The lowest BCUT2D eigenvalue weighted by molar-refractivity contribution is -0.182. The Morgan fingerprint density at radius 3 is 2.76 bits per heavy atom. The average Bonchev–Trinajstić information content (AvgIpc) is 2.63. The van der Waals surface area contributed by atoms with E-state index in [0.29, 0.717) is 18.5 Å². The predicted molar refractivity (Wildman–Crippen MR) is 93.1 cm³/mol. The molecule has 2 aliphatic rings. The molecule has 0 aliphatic carbocycles. The van der Waals surface area contributed by atoms with E-state index < -0.39 is 0 Å². The lowest BCUT2D eigenvalue weighted by Crippen LogP contribution is -2.64. The molecular formula is C19H24N4O2. The summed E-state index contributed by atoms with van der Waals surface area (Å²) in [6.07, 6.45) is 10.4. The third-order valence-corrected chi connectivity index (χ3v) is 5.07. The average molecular weight is 340 g/mol. The van der Waals surface area contributed by atoms with E-state index in [9.17, 15) is 0 Å². The van der Waals surface area contributed by atoms with Crippen LogP contribution in [0.2, 0.25) is 0 Å². The van der Waals surface area contributed by atoms with E-state index in [4.69, 9.17) is 9.47 Å². The summed E-state index contributed by atoms with van der Waals surface area (Å²) in [4.78, 5) is 14.7. The molecule has 0 radical (unpaired) electrons. The molecule has 1 atom stereocenters. The summed E-state index contributed by atoms with van der Waals surface area (Å²) in [5.41, 5.74) is 1.37. The van der Waals surface area contributed by atoms with Gasteiger partial charge in [-0.2, -0.15) is 0 Å². The Morgan fingerprint density at radius 1 is 1.16 bits per heavy atom. The van der Waals surface area contributed by atoms with Crippen LogP contribution >= 0.6 is 0 Å². The fourth-order valence-corrected chi connectivity index (χ4v) is 3.90. The number of rotatable bonds is 6. The van der Waals surface area contributed by atoms with E-state index in [1.807, 2.05) is 12.4 Å². The van der Waals surface area contributed by atoms with Crippen LogP contribution in [0.1, 0.15) is 24.8 Å². The van der Waals surface area contributed by atoms with E-state index >= 15 is 0 Å². The minimum Gasteiger partial charge on any atom is -0.463 e. The maximum absolute atomic E-state index is 6.14. The fourth-order valence-electron chi connectivity index (χ4n) is 3.90. The Balaban J connectivity index is 1.22. The van der Waals surface area contributed by atoms with Crippen molar-refractivity contribution in [2.75, 3.05) is 26.3 Å². The number of likely N-dealkylation sites (tertiary alicyclic amines) is 1. The number of ether oxygens (including phenoxy) is 2. The standard InChI is InChI=1S/C19H24N4O2/c1-6-21-18(22-7-1)24-10-4-16-5-11-25-19(12-16)14-23(15-19)13-17-2-8-20-9-3-17/h1-3,6-9,16H,4-5,10-15H2. The van der Waals surface area contributed by atoms with Crippen molar-refractivity contribution in [2.45, 2.75) is 31.4 Å². The maximum atomic E-state index is 6.14. The van der Waals surface area contributed by atoms with Gasteiger partial charge in [0.25, 0.3) is 0 Å². The van der Waals surface area contributed by atoms with Crippen molar-refractivity contribution >= 4 is 0 Å². The molecule has 132 valence electrons. The van der Waals surface area contributed by atoms with Crippen molar-refractivity contribution in [3.63, 3.8) is 0 Å². The van der Waals surface area contributed by atoms with Gasteiger partial charge >= 0.3 is 6.01 Å². The zero-order valence-electron chi connectivity index (χ0n) is 14.4. The van der Waals surface area contributed by atoms with Gasteiger partial charge in [0.15, 0.2) is 0 Å². The number of hydrogen-bond acceptors (Lipinski definition) is 6. The first-order valence-electron chi connectivity index (χ1n) is 8.96. The van der Waals surface area contributed by atoms with Crippen molar-refractivity contribution < 1.29 is 9.47 Å². The molecule has 2 saturated heterocycles. The van der Waals surface area contributed by atoms with Crippen molar-refractivity contribution in [3.05, 3.63) is 48.5 Å². The SMILES string of the molecule is c1cnc(OCCC2CCOC3(C2)CN(Cc2ccncc2)C3)nc1. The molecule has 0 saturated carbocycles. The molecule has 2 aromatic rings. The molecule has 4 heterocycles.